The zero-order valence-corrected chi connectivity index (χ0v) is 11.0. The molecule has 3 N–H and O–H groups in total. The van der Waals surface area contributed by atoms with Crippen LogP contribution in [0.3, 0.4) is 0 Å². The Morgan fingerprint density at radius 2 is 2.29 bits per heavy atom. The van der Waals surface area contributed by atoms with Gasteiger partial charge in [0.1, 0.15) is 0 Å². The van der Waals surface area contributed by atoms with Crippen LogP contribution in [0.1, 0.15) is 43.2 Å². The number of carbonyl (C=O) groups excluding carboxylic acids is 1. The van der Waals surface area contributed by atoms with E-state index in [2.05, 4.69) is 10.3 Å². The van der Waals surface area contributed by atoms with Crippen molar-refractivity contribution in [2.45, 2.75) is 39.7 Å². The van der Waals surface area contributed by atoms with Crippen LogP contribution in [-0.4, -0.2) is 28.1 Å². The van der Waals surface area contributed by atoms with E-state index < -0.39 is 5.60 Å². The van der Waals surface area contributed by atoms with Crippen LogP contribution in [0, 0.1) is 12.8 Å². The van der Waals surface area contributed by atoms with Gasteiger partial charge < -0.3 is 15.4 Å². The number of H-pyrrole nitrogens is 1. The zero-order valence-electron chi connectivity index (χ0n) is 11.0. The molecular weight excluding hydrogens is 216 g/mol. The standard InChI is InChI=1S/C13H22N2O2/c1-5-9(2)13(4,17)8-15-12(16)11-6-7-14-10(11)3/h6-7,9,14,17H,5,8H2,1-4H3,(H,15,16). The highest BCUT2D eigenvalue weighted by molar-refractivity contribution is 5.95. The van der Waals surface area contributed by atoms with E-state index >= 15 is 0 Å². The molecule has 1 amide bonds. The number of aliphatic hydroxyl groups is 1. The molecule has 1 heterocycles. The van der Waals surface area contributed by atoms with Crippen molar-refractivity contribution in [3.8, 4) is 0 Å². The average Bonchev–Trinajstić information content (AvgIpc) is 2.71. The minimum atomic E-state index is -0.866. The molecule has 4 heteroatoms. The van der Waals surface area contributed by atoms with Gasteiger partial charge in [-0.05, 0) is 25.8 Å². The van der Waals surface area contributed by atoms with Gasteiger partial charge in [-0.2, -0.15) is 0 Å². The van der Waals surface area contributed by atoms with Gasteiger partial charge in [-0.15, -0.1) is 0 Å². The zero-order chi connectivity index (χ0) is 13.1. The van der Waals surface area contributed by atoms with Gasteiger partial charge in [0.15, 0.2) is 0 Å². The number of nitrogens with one attached hydrogen (secondary N) is 2. The SMILES string of the molecule is CCC(C)C(C)(O)CNC(=O)c1cc[nH]c1C. The minimum absolute atomic E-state index is 0.146. The Kier molecular flexibility index (Phi) is 4.34. The van der Waals surface area contributed by atoms with Crippen molar-refractivity contribution in [1.29, 1.82) is 0 Å². The molecule has 2 atom stereocenters. The average molecular weight is 238 g/mol. The first kappa shape index (κ1) is 13.8. The number of hydrogen-bond acceptors (Lipinski definition) is 2. The highest BCUT2D eigenvalue weighted by Crippen LogP contribution is 2.19. The Hall–Kier alpha value is -1.29. The van der Waals surface area contributed by atoms with E-state index in [0.717, 1.165) is 12.1 Å². The van der Waals surface area contributed by atoms with Crippen LogP contribution in [-0.2, 0) is 0 Å². The van der Waals surface area contributed by atoms with Crippen molar-refractivity contribution in [2.75, 3.05) is 6.54 Å². The number of amides is 1. The summed E-state index contributed by atoms with van der Waals surface area (Å²) in [6.07, 6.45) is 2.61. The lowest BCUT2D eigenvalue weighted by atomic mass is 9.88. The van der Waals surface area contributed by atoms with E-state index in [1.54, 1.807) is 19.2 Å². The third kappa shape index (κ3) is 3.33. The molecule has 0 radical (unpaired) electrons. The highest BCUT2D eigenvalue weighted by Gasteiger charge is 2.27. The fraction of sp³-hybridized carbons (Fsp3) is 0.615. The van der Waals surface area contributed by atoms with E-state index in [1.165, 1.54) is 0 Å². The molecule has 0 aliphatic heterocycles. The molecule has 96 valence electrons. The lowest BCUT2D eigenvalue weighted by Crippen LogP contribution is -2.45. The molecule has 4 nitrogen and oxygen atoms in total. The van der Waals surface area contributed by atoms with Crippen molar-refractivity contribution in [1.82, 2.24) is 10.3 Å². The van der Waals surface area contributed by atoms with E-state index in [0.29, 0.717) is 5.56 Å². The molecule has 1 aromatic heterocycles. The van der Waals surface area contributed by atoms with E-state index in [-0.39, 0.29) is 18.4 Å². The minimum Gasteiger partial charge on any atom is -0.388 e. The van der Waals surface area contributed by atoms with Crippen molar-refractivity contribution >= 4 is 5.91 Å². The lowest BCUT2D eigenvalue weighted by Gasteiger charge is -2.29. The first-order valence-corrected chi connectivity index (χ1v) is 6.03. The molecule has 0 saturated carbocycles. The Balaban J connectivity index is 2.57. The number of aromatic nitrogens is 1. The van der Waals surface area contributed by atoms with Gasteiger partial charge in [-0.25, -0.2) is 0 Å². The maximum Gasteiger partial charge on any atom is 0.253 e. The fourth-order valence-electron chi connectivity index (χ4n) is 1.67. The topological polar surface area (TPSA) is 65.1 Å². The second kappa shape index (κ2) is 5.36. The van der Waals surface area contributed by atoms with Crippen molar-refractivity contribution in [3.63, 3.8) is 0 Å². The van der Waals surface area contributed by atoms with E-state index in [1.807, 2.05) is 20.8 Å². The number of rotatable bonds is 5. The maximum absolute atomic E-state index is 11.8. The van der Waals surface area contributed by atoms with Crippen LogP contribution < -0.4 is 5.32 Å². The van der Waals surface area contributed by atoms with Crippen molar-refractivity contribution in [3.05, 3.63) is 23.5 Å². The van der Waals surface area contributed by atoms with Crippen molar-refractivity contribution in [2.24, 2.45) is 5.92 Å². The van der Waals surface area contributed by atoms with Gasteiger partial charge in [-0.3, -0.25) is 4.79 Å². The monoisotopic (exact) mass is 238 g/mol. The van der Waals surface area contributed by atoms with Gasteiger partial charge in [0.05, 0.1) is 11.2 Å². The predicted molar refractivity (Wildman–Crippen MR) is 67.9 cm³/mol. The molecule has 1 aromatic rings. The summed E-state index contributed by atoms with van der Waals surface area (Å²) in [5, 5.41) is 12.9. The predicted octanol–water partition coefficient (Wildman–Crippen LogP) is 1.85. The largest absolute Gasteiger partial charge is 0.388 e. The van der Waals surface area contributed by atoms with Gasteiger partial charge in [0.2, 0.25) is 0 Å². The third-order valence-electron chi connectivity index (χ3n) is 3.48. The second-order valence-corrected chi connectivity index (χ2v) is 4.87. The molecular formula is C13H22N2O2. The quantitative estimate of drug-likeness (QED) is 0.733. The number of hydrogen-bond donors (Lipinski definition) is 3. The second-order valence-electron chi connectivity index (χ2n) is 4.87. The van der Waals surface area contributed by atoms with E-state index in [9.17, 15) is 9.90 Å². The van der Waals surface area contributed by atoms with Gasteiger partial charge in [0, 0.05) is 18.4 Å². The molecule has 17 heavy (non-hydrogen) atoms. The molecule has 0 aliphatic rings. The number of aromatic amines is 1. The van der Waals surface area contributed by atoms with Gasteiger partial charge in [-0.1, -0.05) is 20.3 Å². The summed E-state index contributed by atoms with van der Waals surface area (Å²) in [5.41, 5.74) is 0.602. The molecule has 0 spiro atoms. The molecule has 0 fully saturated rings. The third-order valence-corrected chi connectivity index (χ3v) is 3.48. The normalized spacial score (nSPS) is 16.3. The summed E-state index contributed by atoms with van der Waals surface area (Å²) in [6, 6.07) is 1.74. The van der Waals surface area contributed by atoms with Gasteiger partial charge in [0.25, 0.3) is 5.91 Å². The Bertz CT molecular complexity index is 383. The maximum atomic E-state index is 11.8. The molecule has 0 saturated heterocycles. The Morgan fingerprint density at radius 1 is 1.65 bits per heavy atom. The smallest absolute Gasteiger partial charge is 0.253 e. The van der Waals surface area contributed by atoms with Crippen LogP contribution in [0.15, 0.2) is 12.3 Å². The summed E-state index contributed by atoms with van der Waals surface area (Å²) in [5.74, 6) is 0.00227. The number of aryl methyl sites for hydroxylation is 1. The van der Waals surface area contributed by atoms with Crippen molar-refractivity contribution < 1.29 is 9.90 Å². The summed E-state index contributed by atoms with van der Waals surface area (Å²) in [7, 11) is 0. The van der Waals surface area contributed by atoms with Gasteiger partial charge >= 0.3 is 0 Å². The summed E-state index contributed by atoms with van der Waals surface area (Å²) in [6.45, 7) is 7.88. The summed E-state index contributed by atoms with van der Waals surface area (Å²) >= 11 is 0. The van der Waals surface area contributed by atoms with Crippen LogP contribution >= 0.6 is 0 Å². The summed E-state index contributed by atoms with van der Waals surface area (Å²) < 4.78 is 0. The van der Waals surface area contributed by atoms with Crippen LogP contribution in [0.5, 0.6) is 0 Å². The first-order valence-electron chi connectivity index (χ1n) is 6.03. The van der Waals surface area contributed by atoms with Crippen LogP contribution in [0.4, 0.5) is 0 Å². The molecule has 0 bridgehead atoms. The van der Waals surface area contributed by atoms with Crippen LogP contribution in [0.2, 0.25) is 0 Å². The Morgan fingerprint density at radius 3 is 2.76 bits per heavy atom. The fourth-order valence-corrected chi connectivity index (χ4v) is 1.67. The number of carbonyl (C=O) groups is 1. The highest BCUT2D eigenvalue weighted by atomic mass is 16.3. The summed E-state index contributed by atoms with van der Waals surface area (Å²) in [4.78, 5) is 14.8. The first-order chi connectivity index (χ1) is 7.88. The molecule has 0 aromatic carbocycles. The van der Waals surface area contributed by atoms with E-state index in [4.69, 9.17) is 0 Å². The van der Waals surface area contributed by atoms with Crippen LogP contribution in [0.25, 0.3) is 0 Å². The Labute approximate surface area is 102 Å². The lowest BCUT2D eigenvalue weighted by molar-refractivity contribution is 0.00592. The molecule has 1 rings (SSSR count). The molecule has 0 aliphatic carbocycles. The molecule has 2 unspecified atom stereocenters.